The van der Waals surface area contributed by atoms with Crippen LogP contribution in [0.15, 0.2) is 46.6 Å². The van der Waals surface area contributed by atoms with Gasteiger partial charge < -0.3 is 4.74 Å². The SMILES string of the molecule is CC(=O)OCC1(C)Cc2cc(Cl)ccc2-c2ccc(Cl)cc2N=N1. The van der Waals surface area contributed by atoms with Gasteiger partial charge in [0.1, 0.15) is 12.1 Å². The van der Waals surface area contributed by atoms with Crippen LogP contribution in [-0.2, 0) is 16.0 Å². The van der Waals surface area contributed by atoms with Gasteiger partial charge in [0.05, 0.1) is 5.69 Å². The largest absolute Gasteiger partial charge is 0.463 e. The van der Waals surface area contributed by atoms with Gasteiger partial charge in [0, 0.05) is 29.0 Å². The van der Waals surface area contributed by atoms with Crippen LogP contribution in [-0.4, -0.2) is 18.1 Å². The highest BCUT2D eigenvalue weighted by molar-refractivity contribution is 6.31. The number of benzene rings is 2. The molecule has 124 valence electrons. The number of nitrogens with zero attached hydrogens (tertiary/aromatic N) is 2. The van der Waals surface area contributed by atoms with Crippen LogP contribution in [0, 0.1) is 0 Å². The molecule has 0 saturated carbocycles. The minimum absolute atomic E-state index is 0.147. The van der Waals surface area contributed by atoms with Crippen molar-refractivity contribution in [3.8, 4) is 11.1 Å². The average Bonchev–Trinajstić information content (AvgIpc) is 2.51. The number of hydrogen-bond donors (Lipinski definition) is 0. The molecule has 2 aromatic rings. The van der Waals surface area contributed by atoms with E-state index in [1.165, 1.54) is 6.92 Å². The van der Waals surface area contributed by atoms with Crippen LogP contribution in [0.4, 0.5) is 5.69 Å². The molecule has 1 atom stereocenters. The molecular weight excluding hydrogens is 347 g/mol. The first-order chi connectivity index (χ1) is 11.4. The van der Waals surface area contributed by atoms with Crippen molar-refractivity contribution in [1.82, 2.24) is 0 Å². The van der Waals surface area contributed by atoms with Crippen LogP contribution in [0.2, 0.25) is 10.0 Å². The lowest BCUT2D eigenvalue weighted by molar-refractivity contribution is -0.142. The Morgan fingerprint density at radius 1 is 1.17 bits per heavy atom. The third-order valence-corrected chi connectivity index (χ3v) is 4.34. The second-order valence-corrected chi connectivity index (χ2v) is 6.99. The van der Waals surface area contributed by atoms with Gasteiger partial charge in [-0.25, -0.2) is 0 Å². The van der Waals surface area contributed by atoms with Crippen LogP contribution in [0.3, 0.4) is 0 Å². The van der Waals surface area contributed by atoms with Crippen molar-refractivity contribution in [2.45, 2.75) is 25.8 Å². The van der Waals surface area contributed by atoms with E-state index in [0.717, 1.165) is 16.7 Å². The molecule has 1 unspecified atom stereocenters. The fraction of sp³-hybridized carbons (Fsp3) is 0.278. The van der Waals surface area contributed by atoms with Crippen LogP contribution in [0.1, 0.15) is 19.4 Å². The van der Waals surface area contributed by atoms with Crippen molar-refractivity contribution >= 4 is 34.9 Å². The molecule has 0 aromatic heterocycles. The fourth-order valence-electron chi connectivity index (χ4n) is 2.74. The Balaban J connectivity index is 2.15. The molecule has 1 aliphatic rings. The summed E-state index contributed by atoms with van der Waals surface area (Å²) in [5, 5.41) is 10.1. The number of esters is 1. The first-order valence-corrected chi connectivity index (χ1v) is 8.26. The Bertz CT molecular complexity index is 836. The first kappa shape index (κ1) is 16.9. The molecule has 6 heteroatoms. The number of halogens is 2. The molecule has 0 aliphatic carbocycles. The lowest BCUT2D eigenvalue weighted by atomic mass is 9.88. The number of ether oxygens (including phenoxy) is 1. The summed E-state index contributed by atoms with van der Waals surface area (Å²) in [6.45, 7) is 3.43. The summed E-state index contributed by atoms with van der Waals surface area (Å²) in [6, 6.07) is 11.3. The number of fused-ring (bicyclic) bond motifs is 3. The summed E-state index contributed by atoms with van der Waals surface area (Å²) >= 11 is 12.3. The van der Waals surface area contributed by atoms with Crippen molar-refractivity contribution in [3.05, 3.63) is 52.0 Å². The Morgan fingerprint density at radius 3 is 2.54 bits per heavy atom. The molecule has 0 radical (unpaired) electrons. The van der Waals surface area contributed by atoms with Gasteiger partial charge in [-0.3, -0.25) is 4.79 Å². The second-order valence-electron chi connectivity index (χ2n) is 6.12. The van der Waals surface area contributed by atoms with Gasteiger partial charge in [-0.2, -0.15) is 10.2 Å². The first-order valence-electron chi connectivity index (χ1n) is 7.51. The number of azo groups is 1. The maximum Gasteiger partial charge on any atom is 0.302 e. The normalized spacial score (nSPS) is 19.0. The Labute approximate surface area is 150 Å². The van der Waals surface area contributed by atoms with E-state index < -0.39 is 5.54 Å². The molecule has 1 aliphatic heterocycles. The van der Waals surface area contributed by atoms with Gasteiger partial charge in [-0.1, -0.05) is 35.3 Å². The van der Waals surface area contributed by atoms with E-state index in [1.54, 1.807) is 6.07 Å². The predicted molar refractivity (Wildman–Crippen MR) is 95.2 cm³/mol. The molecule has 0 bridgehead atoms. The van der Waals surface area contributed by atoms with Gasteiger partial charge in [0.2, 0.25) is 0 Å². The Kier molecular flexibility index (Phi) is 4.61. The van der Waals surface area contributed by atoms with Gasteiger partial charge in [0.15, 0.2) is 0 Å². The molecule has 0 amide bonds. The van der Waals surface area contributed by atoms with E-state index in [0.29, 0.717) is 22.2 Å². The van der Waals surface area contributed by atoms with Crippen molar-refractivity contribution in [2.24, 2.45) is 10.2 Å². The quantitative estimate of drug-likeness (QED) is 0.650. The maximum atomic E-state index is 11.2. The summed E-state index contributed by atoms with van der Waals surface area (Å²) in [6.07, 6.45) is 0.557. The molecule has 0 N–H and O–H groups in total. The minimum atomic E-state index is -0.675. The number of hydrogen-bond acceptors (Lipinski definition) is 4. The lowest BCUT2D eigenvalue weighted by Crippen LogP contribution is -2.32. The fourth-order valence-corrected chi connectivity index (χ4v) is 3.10. The molecule has 3 rings (SSSR count). The highest BCUT2D eigenvalue weighted by Crippen LogP contribution is 2.40. The minimum Gasteiger partial charge on any atom is -0.463 e. The summed E-state index contributed by atoms with van der Waals surface area (Å²) in [5.41, 5.74) is 3.01. The van der Waals surface area contributed by atoms with Gasteiger partial charge in [-0.15, -0.1) is 0 Å². The van der Waals surface area contributed by atoms with E-state index in [4.69, 9.17) is 27.9 Å². The van der Waals surface area contributed by atoms with Crippen molar-refractivity contribution in [1.29, 1.82) is 0 Å². The molecular formula is C18H16Cl2N2O2. The zero-order valence-corrected chi connectivity index (χ0v) is 14.9. The summed E-state index contributed by atoms with van der Waals surface area (Å²) < 4.78 is 5.19. The van der Waals surface area contributed by atoms with Gasteiger partial charge in [0.25, 0.3) is 0 Å². The van der Waals surface area contributed by atoms with Crippen molar-refractivity contribution in [3.63, 3.8) is 0 Å². The number of carbonyl (C=O) groups is 1. The molecule has 4 nitrogen and oxygen atoms in total. The molecule has 0 saturated heterocycles. The van der Waals surface area contributed by atoms with E-state index in [-0.39, 0.29) is 12.6 Å². The summed E-state index contributed by atoms with van der Waals surface area (Å²) in [7, 11) is 0. The standard InChI is InChI=1S/C18H16Cl2N2O2/c1-11(23)24-10-18(2)9-12-7-13(19)3-5-15(12)16-6-4-14(20)8-17(16)21-22-18/h3-8H,9-10H2,1-2H3. The maximum absolute atomic E-state index is 11.2. The number of carbonyl (C=O) groups excluding carboxylic acids is 1. The Hall–Kier alpha value is -1.91. The van der Waals surface area contributed by atoms with E-state index in [2.05, 4.69) is 10.2 Å². The van der Waals surface area contributed by atoms with Crippen LogP contribution in [0.25, 0.3) is 11.1 Å². The van der Waals surface area contributed by atoms with Crippen molar-refractivity contribution < 1.29 is 9.53 Å². The monoisotopic (exact) mass is 362 g/mol. The average molecular weight is 363 g/mol. The zero-order valence-electron chi connectivity index (χ0n) is 13.3. The highest BCUT2D eigenvalue weighted by atomic mass is 35.5. The van der Waals surface area contributed by atoms with E-state index in [9.17, 15) is 4.79 Å². The van der Waals surface area contributed by atoms with Crippen LogP contribution >= 0.6 is 23.2 Å². The van der Waals surface area contributed by atoms with Crippen LogP contribution in [0.5, 0.6) is 0 Å². The molecule has 24 heavy (non-hydrogen) atoms. The molecule has 2 aromatic carbocycles. The Morgan fingerprint density at radius 2 is 1.83 bits per heavy atom. The topological polar surface area (TPSA) is 51.0 Å². The second kappa shape index (κ2) is 6.54. The van der Waals surface area contributed by atoms with Crippen LogP contribution < -0.4 is 0 Å². The smallest absolute Gasteiger partial charge is 0.302 e. The van der Waals surface area contributed by atoms with Gasteiger partial charge in [-0.05, 0) is 42.3 Å². The summed E-state index contributed by atoms with van der Waals surface area (Å²) in [5.74, 6) is -0.344. The van der Waals surface area contributed by atoms with Gasteiger partial charge >= 0.3 is 5.97 Å². The highest BCUT2D eigenvalue weighted by Gasteiger charge is 2.30. The van der Waals surface area contributed by atoms with Crippen molar-refractivity contribution in [2.75, 3.05) is 6.61 Å². The molecule has 0 fully saturated rings. The van der Waals surface area contributed by atoms with E-state index in [1.807, 2.05) is 37.3 Å². The lowest BCUT2D eigenvalue weighted by Gasteiger charge is -2.27. The molecule has 1 heterocycles. The summed E-state index contributed by atoms with van der Waals surface area (Å²) in [4.78, 5) is 11.2. The molecule has 0 spiro atoms. The third-order valence-electron chi connectivity index (χ3n) is 3.87. The zero-order chi connectivity index (χ0) is 17.3. The predicted octanol–water partition coefficient (Wildman–Crippen LogP) is 5.62. The van der Waals surface area contributed by atoms with E-state index >= 15 is 0 Å². The number of rotatable bonds is 2. The third kappa shape index (κ3) is 3.60.